The maximum absolute atomic E-state index is 3.53. The van der Waals surface area contributed by atoms with Gasteiger partial charge in [0.25, 0.3) is 0 Å². The molecular formula is C16H13IN2. The molecule has 3 heteroatoms. The van der Waals surface area contributed by atoms with Gasteiger partial charge in [0.15, 0.2) is 12.4 Å². The summed E-state index contributed by atoms with van der Waals surface area (Å²) in [5.74, 6) is 0. The van der Waals surface area contributed by atoms with Crippen molar-refractivity contribution in [2.45, 2.75) is 0 Å². The molecule has 0 atom stereocenters. The normalized spacial score (nSPS) is 11.0. The first-order valence-corrected chi connectivity index (χ1v) is 6.11. The van der Waals surface area contributed by atoms with E-state index in [0.717, 1.165) is 0 Å². The van der Waals surface area contributed by atoms with Gasteiger partial charge in [-0.15, -0.1) is 0 Å². The molecule has 2 nitrogen and oxygen atoms in total. The molecular weight excluding hydrogens is 347 g/mol. The summed E-state index contributed by atoms with van der Waals surface area (Å²) in [7, 11) is 2.05. The molecule has 0 bridgehead atoms. The lowest BCUT2D eigenvalue weighted by molar-refractivity contribution is -0.670. The van der Waals surface area contributed by atoms with Gasteiger partial charge < -0.3 is 29.0 Å². The lowest BCUT2D eigenvalue weighted by Gasteiger charge is -1.97. The number of nitrogens with zero attached hydrogens (tertiary/aromatic N) is 1. The van der Waals surface area contributed by atoms with E-state index in [1.807, 2.05) is 0 Å². The summed E-state index contributed by atoms with van der Waals surface area (Å²) >= 11 is 0. The Kier molecular flexibility index (Phi) is 2.93. The first kappa shape index (κ1) is 12.4. The summed E-state index contributed by atoms with van der Waals surface area (Å²) in [6, 6.07) is 15.0. The largest absolute Gasteiger partial charge is 1.00 e. The number of hydrogen-bond donors (Lipinski definition) is 1. The van der Waals surface area contributed by atoms with Crippen LogP contribution in [0.1, 0.15) is 0 Å². The van der Waals surface area contributed by atoms with Crippen LogP contribution in [0.25, 0.3) is 32.6 Å². The number of hydrogen-bond acceptors (Lipinski definition) is 0. The van der Waals surface area contributed by atoms with Crippen LogP contribution >= 0.6 is 0 Å². The minimum atomic E-state index is 0. The Balaban J connectivity index is 0.00000110. The minimum absolute atomic E-state index is 0. The van der Waals surface area contributed by atoms with Gasteiger partial charge in [0.05, 0.1) is 5.52 Å². The third kappa shape index (κ3) is 1.80. The molecule has 0 aliphatic rings. The molecule has 2 aromatic carbocycles. The van der Waals surface area contributed by atoms with Crippen LogP contribution in [-0.4, -0.2) is 4.98 Å². The fourth-order valence-corrected chi connectivity index (χ4v) is 2.70. The van der Waals surface area contributed by atoms with Crippen molar-refractivity contribution in [1.82, 2.24) is 4.98 Å². The zero-order valence-corrected chi connectivity index (χ0v) is 12.7. The molecule has 94 valence electrons. The number of aryl methyl sites for hydroxylation is 1. The van der Waals surface area contributed by atoms with Crippen molar-refractivity contribution in [3.63, 3.8) is 0 Å². The van der Waals surface area contributed by atoms with Gasteiger partial charge in [-0.25, -0.2) is 4.57 Å². The number of pyridine rings is 1. The van der Waals surface area contributed by atoms with Crippen LogP contribution in [0, 0.1) is 0 Å². The lowest BCUT2D eigenvalue weighted by Crippen LogP contribution is -3.00. The Morgan fingerprint density at radius 2 is 1.74 bits per heavy atom. The van der Waals surface area contributed by atoms with Crippen LogP contribution < -0.4 is 28.5 Å². The third-order valence-electron chi connectivity index (χ3n) is 3.58. The second kappa shape index (κ2) is 4.49. The second-order valence-electron chi connectivity index (χ2n) is 4.77. The SMILES string of the molecule is C[n+]1ccc2c(ccc3c4ccccc4[nH]c23)c1.[I-]. The van der Waals surface area contributed by atoms with Gasteiger partial charge in [0.1, 0.15) is 7.05 Å². The van der Waals surface area contributed by atoms with Crippen molar-refractivity contribution in [3.05, 3.63) is 54.9 Å². The first-order valence-electron chi connectivity index (χ1n) is 6.11. The number of H-pyrrole nitrogens is 1. The van der Waals surface area contributed by atoms with Crippen molar-refractivity contribution in [1.29, 1.82) is 0 Å². The zero-order valence-electron chi connectivity index (χ0n) is 10.5. The standard InChI is InChI=1S/C16H12N2.HI/c1-18-9-8-12-11(10-18)6-7-14-13-4-2-3-5-15(13)17-16(12)14;/h2-10H,1H3;1H. The second-order valence-corrected chi connectivity index (χ2v) is 4.77. The van der Waals surface area contributed by atoms with E-state index in [0.29, 0.717) is 0 Å². The molecule has 4 aromatic rings. The van der Waals surface area contributed by atoms with Gasteiger partial charge in [0.2, 0.25) is 0 Å². The molecule has 0 radical (unpaired) electrons. The van der Waals surface area contributed by atoms with Gasteiger partial charge in [-0.3, -0.25) is 0 Å². The highest BCUT2D eigenvalue weighted by atomic mass is 127. The van der Waals surface area contributed by atoms with Crippen LogP contribution in [-0.2, 0) is 7.05 Å². The van der Waals surface area contributed by atoms with Crippen molar-refractivity contribution in [2.24, 2.45) is 7.05 Å². The highest BCUT2D eigenvalue weighted by Gasteiger charge is 2.08. The number of fused-ring (bicyclic) bond motifs is 5. The number of rotatable bonds is 0. The van der Waals surface area contributed by atoms with Gasteiger partial charge in [-0.1, -0.05) is 24.3 Å². The summed E-state index contributed by atoms with van der Waals surface area (Å²) in [4.78, 5) is 3.53. The summed E-state index contributed by atoms with van der Waals surface area (Å²) in [6.07, 6.45) is 4.24. The molecule has 0 aliphatic heterocycles. The maximum atomic E-state index is 3.53. The number of aromatic amines is 1. The van der Waals surface area contributed by atoms with Crippen LogP contribution in [0.15, 0.2) is 54.9 Å². The number of aromatic nitrogens is 2. The van der Waals surface area contributed by atoms with E-state index in [1.54, 1.807) is 0 Å². The van der Waals surface area contributed by atoms with Gasteiger partial charge in [-0.05, 0) is 12.1 Å². The van der Waals surface area contributed by atoms with Crippen LogP contribution in [0.2, 0.25) is 0 Å². The molecule has 0 unspecified atom stereocenters. The molecule has 4 rings (SSSR count). The zero-order chi connectivity index (χ0) is 12.1. The molecule has 0 saturated heterocycles. The number of para-hydroxylation sites is 1. The number of nitrogens with one attached hydrogen (secondary N) is 1. The molecule has 2 heterocycles. The van der Waals surface area contributed by atoms with Gasteiger partial charge in [0, 0.05) is 33.1 Å². The fraction of sp³-hybridized carbons (Fsp3) is 0.0625. The molecule has 0 aliphatic carbocycles. The van der Waals surface area contributed by atoms with Crippen LogP contribution in [0.3, 0.4) is 0 Å². The van der Waals surface area contributed by atoms with Crippen LogP contribution in [0.5, 0.6) is 0 Å². The summed E-state index contributed by atoms with van der Waals surface area (Å²) in [6.45, 7) is 0. The first-order chi connectivity index (χ1) is 8.83. The lowest BCUT2D eigenvalue weighted by atomic mass is 10.1. The summed E-state index contributed by atoms with van der Waals surface area (Å²) in [5.41, 5.74) is 2.43. The number of benzene rings is 2. The summed E-state index contributed by atoms with van der Waals surface area (Å²) < 4.78 is 2.08. The van der Waals surface area contributed by atoms with Gasteiger partial charge in [-0.2, -0.15) is 0 Å². The maximum Gasteiger partial charge on any atom is 0.176 e. The fourth-order valence-electron chi connectivity index (χ4n) is 2.70. The Labute approximate surface area is 128 Å². The summed E-state index contributed by atoms with van der Waals surface area (Å²) in [5, 5.41) is 5.13. The quantitative estimate of drug-likeness (QED) is 0.344. The minimum Gasteiger partial charge on any atom is -1.00 e. The predicted octanol–water partition coefficient (Wildman–Crippen LogP) is 0.303. The highest BCUT2D eigenvalue weighted by Crippen LogP contribution is 2.30. The van der Waals surface area contributed by atoms with Crippen molar-refractivity contribution in [2.75, 3.05) is 0 Å². The van der Waals surface area contributed by atoms with Crippen LogP contribution in [0.4, 0.5) is 0 Å². The van der Waals surface area contributed by atoms with E-state index in [4.69, 9.17) is 0 Å². The van der Waals surface area contributed by atoms with Gasteiger partial charge >= 0.3 is 0 Å². The van der Waals surface area contributed by atoms with Crippen molar-refractivity contribution in [3.8, 4) is 0 Å². The van der Waals surface area contributed by atoms with Crippen molar-refractivity contribution >= 4 is 32.6 Å². The number of halogens is 1. The Bertz CT molecular complexity index is 893. The molecule has 1 N–H and O–H groups in total. The predicted molar refractivity (Wildman–Crippen MR) is 74.5 cm³/mol. The van der Waals surface area contributed by atoms with Crippen molar-refractivity contribution < 1.29 is 28.5 Å². The Hall–Kier alpha value is -1.62. The van der Waals surface area contributed by atoms with E-state index in [1.165, 1.54) is 32.6 Å². The van der Waals surface area contributed by atoms with E-state index in [9.17, 15) is 0 Å². The Morgan fingerprint density at radius 1 is 0.895 bits per heavy atom. The Morgan fingerprint density at radius 3 is 2.63 bits per heavy atom. The smallest absolute Gasteiger partial charge is 0.176 e. The molecule has 0 spiro atoms. The third-order valence-corrected chi connectivity index (χ3v) is 3.58. The van der Waals surface area contributed by atoms with E-state index in [-0.39, 0.29) is 24.0 Å². The average molecular weight is 360 g/mol. The average Bonchev–Trinajstić information content (AvgIpc) is 2.77. The molecule has 0 amide bonds. The monoisotopic (exact) mass is 360 g/mol. The van der Waals surface area contributed by atoms with E-state index in [2.05, 4.69) is 71.5 Å². The van der Waals surface area contributed by atoms with E-state index < -0.39 is 0 Å². The highest BCUT2D eigenvalue weighted by molar-refractivity contribution is 6.16. The topological polar surface area (TPSA) is 19.7 Å². The van der Waals surface area contributed by atoms with E-state index >= 15 is 0 Å². The molecule has 0 fully saturated rings. The molecule has 19 heavy (non-hydrogen) atoms. The molecule has 0 saturated carbocycles. The molecule has 2 aromatic heterocycles.